The van der Waals surface area contributed by atoms with E-state index in [9.17, 15) is 23.4 Å². The Labute approximate surface area is 209 Å². The minimum atomic E-state index is -4.60. The summed E-state index contributed by atoms with van der Waals surface area (Å²) in [7, 11) is -4.60. The number of nitrogen functional groups attached to an aromatic ring is 1. The molecule has 16 heteroatoms. The van der Waals surface area contributed by atoms with Gasteiger partial charge in [0.2, 0.25) is 0 Å². The first-order valence-electron chi connectivity index (χ1n) is 11.1. The summed E-state index contributed by atoms with van der Waals surface area (Å²) < 4.78 is 38.3. The van der Waals surface area contributed by atoms with Crippen LogP contribution >= 0.6 is 0 Å². The third-order valence-electron chi connectivity index (χ3n) is 6.06. The number of rotatable bonds is 8. The van der Waals surface area contributed by atoms with Crippen molar-refractivity contribution in [1.29, 1.82) is 0 Å². The van der Waals surface area contributed by atoms with Gasteiger partial charge in [0, 0.05) is 17.1 Å². The van der Waals surface area contributed by atoms with Crippen LogP contribution in [0.15, 0.2) is 43.1 Å². The molecule has 0 radical (unpaired) electrons. The van der Waals surface area contributed by atoms with E-state index in [4.69, 9.17) is 20.4 Å². The third kappa shape index (κ3) is 4.85. The van der Waals surface area contributed by atoms with Crippen molar-refractivity contribution < 1.29 is 32.3 Å². The zero-order chi connectivity index (χ0) is 26.3. The van der Waals surface area contributed by atoms with Gasteiger partial charge in [0.1, 0.15) is 30.2 Å². The van der Waals surface area contributed by atoms with E-state index in [1.54, 1.807) is 10.9 Å². The van der Waals surface area contributed by atoms with E-state index >= 15 is 0 Å². The van der Waals surface area contributed by atoms with Crippen molar-refractivity contribution in [1.82, 2.24) is 29.2 Å². The summed E-state index contributed by atoms with van der Waals surface area (Å²) in [5.41, 5.74) is 13.8. The smallest absolute Gasteiger partial charge is 0.362 e. The number of carbonyl (C=O) groups excluding carboxylic acids is 1. The number of anilines is 1. The average molecular weight is 533 g/mol. The Hall–Kier alpha value is -3.67. The van der Waals surface area contributed by atoms with Gasteiger partial charge < -0.3 is 31.4 Å². The zero-order valence-electron chi connectivity index (χ0n) is 19.1. The first kappa shape index (κ1) is 25.0. The lowest BCUT2D eigenvalue weighted by molar-refractivity contribution is -0.120. The van der Waals surface area contributed by atoms with Gasteiger partial charge in [-0.05, 0) is 18.1 Å². The van der Waals surface area contributed by atoms with Crippen LogP contribution in [0.1, 0.15) is 11.8 Å². The lowest BCUT2D eigenvalue weighted by Crippen LogP contribution is -2.45. The number of hydrogen-bond acceptors (Lipinski definition) is 12. The van der Waals surface area contributed by atoms with E-state index < -0.39 is 53.4 Å². The molecule has 5 rings (SSSR count). The minimum absolute atomic E-state index is 0.0800. The molecule has 0 unspecified atom stereocenters. The molecule has 0 aliphatic carbocycles. The number of amides is 1. The van der Waals surface area contributed by atoms with E-state index in [1.807, 2.05) is 24.3 Å². The summed E-state index contributed by atoms with van der Waals surface area (Å²) in [5.74, 6) is -0.861. The predicted octanol–water partition coefficient (Wildman–Crippen LogP) is -1.54. The van der Waals surface area contributed by atoms with Gasteiger partial charge in [-0.1, -0.05) is 18.2 Å². The van der Waals surface area contributed by atoms with Crippen molar-refractivity contribution >= 4 is 44.1 Å². The van der Waals surface area contributed by atoms with Gasteiger partial charge in [-0.25, -0.2) is 19.7 Å². The highest BCUT2D eigenvalue weighted by Gasteiger charge is 2.45. The number of ether oxygens (including phenoxy) is 1. The van der Waals surface area contributed by atoms with Crippen molar-refractivity contribution in [2.75, 3.05) is 12.3 Å². The number of aromatic amines is 1. The van der Waals surface area contributed by atoms with Gasteiger partial charge in [0.15, 0.2) is 17.7 Å². The molecule has 1 fully saturated rings. The van der Waals surface area contributed by atoms with Gasteiger partial charge in [-0.2, -0.15) is 8.42 Å². The molecule has 1 aliphatic heterocycles. The maximum atomic E-state index is 12.4. The van der Waals surface area contributed by atoms with E-state index in [0.717, 1.165) is 16.5 Å². The standard InChI is InChI=1S/C21H24N8O7S/c22-12(5-10-6-24-13-4-2-1-3-11(10)13)20(32)28-37(33,34)35-7-14-16(30)17(31)21(36-14)29-9-27-15-18(23)25-8-26-19(15)29/h1-4,6,8-9,12,14,16-17,21,24,30-31H,5,7,22H2,(H,28,32)(H2,23,25,26)/t12-,14+,16+,17+,21+/m0/s1. The second kappa shape index (κ2) is 9.66. The van der Waals surface area contributed by atoms with Crippen LogP contribution in [0, 0.1) is 0 Å². The van der Waals surface area contributed by atoms with Crippen molar-refractivity contribution in [3.8, 4) is 0 Å². The number of fused-ring (bicyclic) bond motifs is 2. The number of imidazole rings is 1. The number of carbonyl (C=O) groups is 1. The summed E-state index contributed by atoms with van der Waals surface area (Å²) in [6.07, 6.45) is -1.13. The number of aromatic nitrogens is 5. The highest BCUT2D eigenvalue weighted by Crippen LogP contribution is 2.32. The van der Waals surface area contributed by atoms with Crippen LogP contribution in [0.25, 0.3) is 22.1 Å². The molecule has 196 valence electrons. The highest BCUT2D eigenvalue weighted by molar-refractivity contribution is 7.85. The zero-order valence-corrected chi connectivity index (χ0v) is 19.9. The Morgan fingerprint density at radius 1 is 1.24 bits per heavy atom. The number of benzene rings is 1. The van der Waals surface area contributed by atoms with E-state index in [1.165, 1.54) is 17.2 Å². The molecule has 0 saturated carbocycles. The SMILES string of the molecule is Nc1ncnc2c1ncn2[C@@H]1O[C@H](COS(=O)(=O)NC(=O)[C@@H](N)Cc2c[nH]c3ccccc23)[C@@H](O)[C@H]1O. The van der Waals surface area contributed by atoms with Crippen LogP contribution in [-0.2, 0) is 30.4 Å². The van der Waals surface area contributed by atoms with Crippen LogP contribution in [0.3, 0.4) is 0 Å². The Kier molecular flexibility index (Phi) is 6.52. The van der Waals surface area contributed by atoms with Crippen molar-refractivity contribution in [2.24, 2.45) is 5.73 Å². The molecule has 5 atom stereocenters. The quantitative estimate of drug-likeness (QED) is 0.151. The molecule has 3 aromatic heterocycles. The van der Waals surface area contributed by atoms with E-state index in [-0.39, 0.29) is 23.4 Å². The fourth-order valence-electron chi connectivity index (χ4n) is 4.17. The molecule has 1 aliphatic rings. The second-order valence-corrected chi connectivity index (χ2v) is 9.85. The van der Waals surface area contributed by atoms with E-state index in [2.05, 4.69) is 19.9 Å². The van der Waals surface area contributed by atoms with Gasteiger partial charge in [0.05, 0.1) is 19.0 Å². The van der Waals surface area contributed by atoms with Gasteiger partial charge in [0.25, 0.3) is 5.91 Å². The van der Waals surface area contributed by atoms with Crippen LogP contribution in [-0.4, -0.2) is 80.0 Å². The van der Waals surface area contributed by atoms with Crippen molar-refractivity contribution in [3.63, 3.8) is 0 Å². The number of hydrogen-bond donors (Lipinski definition) is 6. The Morgan fingerprint density at radius 2 is 2.03 bits per heavy atom. The molecule has 1 amide bonds. The number of H-pyrrole nitrogens is 1. The third-order valence-corrected chi connectivity index (χ3v) is 6.96. The Morgan fingerprint density at radius 3 is 2.84 bits per heavy atom. The molecular weight excluding hydrogens is 508 g/mol. The number of para-hydroxylation sites is 1. The molecule has 0 bridgehead atoms. The molecule has 1 saturated heterocycles. The molecule has 1 aromatic carbocycles. The largest absolute Gasteiger partial charge is 0.387 e. The normalized spacial score (nSPS) is 23.0. The molecule has 15 nitrogen and oxygen atoms in total. The van der Waals surface area contributed by atoms with Gasteiger partial charge in [-0.3, -0.25) is 13.5 Å². The molecule has 37 heavy (non-hydrogen) atoms. The number of aliphatic hydroxyl groups excluding tert-OH is 2. The Balaban J connectivity index is 1.20. The summed E-state index contributed by atoms with van der Waals surface area (Å²) >= 11 is 0. The molecular formula is C21H24N8O7S. The predicted molar refractivity (Wildman–Crippen MR) is 129 cm³/mol. The molecule has 4 aromatic rings. The summed E-state index contributed by atoms with van der Waals surface area (Å²) in [6.45, 7) is -0.696. The number of aliphatic hydroxyl groups is 2. The first-order chi connectivity index (χ1) is 17.6. The first-order valence-corrected chi connectivity index (χ1v) is 12.5. The molecule has 0 spiro atoms. The monoisotopic (exact) mass is 532 g/mol. The lowest BCUT2D eigenvalue weighted by atomic mass is 10.1. The van der Waals surface area contributed by atoms with Crippen LogP contribution in [0.2, 0.25) is 0 Å². The topological polar surface area (TPSA) is 234 Å². The number of nitrogens with zero attached hydrogens (tertiary/aromatic N) is 4. The summed E-state index contributed by atoms with van der Waals surface area (Å²) in [4.78, 5) is 27.5. The summed E-state index contributed by atoms with van der Waals surface area (Å²) in [6, 6.07) is 6.23. The maximum absolute atomic E-state index is 12.4. The Bertz CT molecular complexity index is 1550. The second-order valence-electron chi connectivity index (χ2n) is 8.50. The van der Waals surface area contributed by atoms with Gasteiger partial charge in [-0.15, -0.1) is 0 Å². The van der Waals surface area contributed by atoms with Crippen LogP contribution < -0.4 is 16.2 Å². The fourth-order valence-corrected chi connectivity index (χ4v) is 4.94. The van der Waals surface area contributed by atoms with Crippen LogP contribution in [0.5, 0.6) is 0 Å². The van der Waals surface area contributed by atoms with Crippen molar-refractivity contribution in [2.45, 2.75) is 37.0 Å². The summed E-state index contributed by atoms with van der Waals surface area (Å²) in [5, 5.41) is 21.7. The van der Waals surface area contributed by atoms with Crippen molar-refractivity contribution in [3.05, 3.63) is 48.7 Å². The molecule has 4 heterocycles. The fraction of sp³-hybridized carbons (Fsp3) is 0.333. The number of nitrogens with one attached hydrogen (secondary N) is 2. The number of nitrogens with two attached hydrogens (primary N) is 2. The lowest BCUT2D eigenvalue weighted by Gasteiger charge is -2.16. The van der Waals surface area contributed by atoms with Crippen LogP contribution in [0.4, 0.5) is 5.82 Å². The van der Waals surface area contributed by atoms with Gasteiger partial charge >= 0.3 is 10.3 Å². The van der Waals surface area contributed by atoms with E-state index in [0.29, 0.717) is 0 Å². The highest BCUT2D eigenvalue weighted by atomic mass is 32.2. The average Bonchev–Trinajstić information content (AvgIpc) is 3.55. The molecule has 8 N–H and O–H groups in total. The maximum Gasteiger partial charge on any atom is 0.362 e. The minimum Gasteiger partial charge on any atom is -0.387 e.